The Hall–Kier alpha value is -2.01. The predicted octanol–water partition coefficient (Wildman–Crippen LogP) is 3.74. The Kier molecular flexibility index (Phi) is 4.29. The first-order valence-electron chi connectivity index (χ1n) is 6.01. The Labute approximate surface area is 114 Å². The van der Waals surface area contributed by atoms with Crippen LogP contribution in [0, 0.1) is 17.5 Å². The summed E-state index contributed by atoms with van der Waals surface area (Å²) >= 11 is 0. The zero-order valence-electron chi connectivity index (χ0n) is 10.7. The Morgan fingerprint density at radius 3 is 2.45 bits per heavy atom. The van der Waals surface area contributed by atoms with Crippen molar-refractivity contribution in [1.29, 1.82) is 0 Å². The van der Waals surface area contributed by atoms with Crippen LogP contribution in [0.15, 0.2) is 36.4 Å². The second-order valence-corrected chi connectivity index (χ2v) is 4.39. The molecular formula is C15H13F3O2. The van der Waals surface area contributed by atoms with Gasteiger partial charge in [-0.1, -0.05) is 6.07 Å². The van der Waals surface area contributed by atoms with E-state index in [2.05, 4.69) is 0 Å². The van der Waals surface area contributed by atoms with Crippen LogP contribution in [0.4, 0.5) is 13.2 Å². The fraction of sp³-hybridized carbons (Fsp3) is 0.200. The summed E-state index contributed by atoms with van der Waals surface area (Å²) in [5, 5.41) is 9.32. The third kappa shape index (κ3) is 3.30. The highest BCUT2D eigenvalue weighted by Crippen LogP contribution is 2.23. The first kappa shape index (κ1) is 14.4. The summed E-state index contributed by atoms with van der Waals surface area (Å²) < 4.78 is 45.2. The largest absolute Gasteiger partial charge is 0.486 e. The lowest BCUT2D eigenvalue weighted by atomic mass is 10.1. The zero-order valence-corrected chi connectivity index (χ0v) is 10.7. The topological polar surface area (TPSA) is 29.5 Å². The summed E-state index contributed by atoms with van der Waals surface area (Å²) in [6.45, 7) is 1.23. The van der Waals surface area contributed by atoms with Gasteiger partial charge in [-0.2, -0.15) is 0 Å². The summed E-state index contributed by atoms with van der Waals surface area (Å²) in [5.74, 6) is -1.96. The molecule has 1 N–H and O–H groups in total. The Balaban J connectivity index is 2.13. The number of rotatable bonds is 4. The van der Waals surface area contributed by atoms with Crippen LogP contribution >= 0.6 is 0 Å². The molecule has 2 nitrogen and oxygen atoms in total. The van der Waals surface area contributed by atoms with Gasteiger partial charge < -0.3 is 9.84 Å². The van der Waals surface area contributed by atoms with Gasteiger partial charge in [0.15, 0.2) is 11.6 Å². The van der Waals surface area contributed by atoms with Crippen molar-refractivity contribution in [3.05, 3.63) is 65.0 Å². The Morgan fingerprint density at radius 2 is 1.80 bits per heavy atom. The lowest BCUT2D eigenvalue weighted by Gasteiger charge is -2.10. The second kappa shape index (κ2) is 5.96. The zero-order chi connectivity index (χ0) is 14.7. The molecule has 0 spiro atoms. The van der Waals surface area contributed by atoms with E-state index in [1.165, 1.54) is 19.1 Å². The molecule has 0 fully saturated rings. The SMILES string of the molecule is C[C@@H](O)c1ccc(OCc2cc(F)ccc2F)c(F)c1. The molecule has 0 unspecified atom stereocenters. The Bertz CT molecular complexity index is 612. The van der Waals surface area contributed by atoms with E-state index >= 15 is 0 Å². The van der Waals surface area contributed by atoms with Crippen LogP contribution < -0.4 is 4.74 Å². The molecule has 0 heterocycles. The minimum absolute atomic E-state index is 0.00371. The molecule has 0 bridgehead atoms. The fourth-order valence-electron chi connectivity index (χ4n) is 1.70. The quantitative estimate of drug-likeness (QED) is 0.925. The highest BCUT2D eigenvalue weighted by molar-refractivity contribution is 5.30. The van der Waals surface area contributed by atoms with Crippen molar-refractivity contribution in [3.63, 3.8) is 0 Å². The average Bonchev–Trinajstić information content (AvgIpc) is 2.40. The monoisotopic (exact) mass is 282 g/mol. The molecule has 106 valence electrons. The highest BCUT2D eigenvalue weighted by Gasteiger charge is 2.10. The van der Waals surface area contributed by atoms with E-state index in [4.69, 9.17) is 4.74 Å². The summed E-state index contributed by atoms with van der Waals surface area (Å²) in [7, 11) is 0. The molecule has 1 atom stereocenters. The first-order chi connectivity index (χ1) is 9.47. The molecule has 2 rings (SSSR count). The van der Waals surface area contributed by atoms with Gasteiger partial charge in [-0.25, -0.2) is 13.2 Å². The summed E-state index contributed by atoms with van der Waals surface area (Å²) in [6.07, 6.45) is -0.792. The number of benzene rings is 2. The standard InChI is InChI=1S/C15H13F3O2/c1-9(19)10-2-5-15(14(18)7-10)20-8-11-6-12(16)3-4-13(11)17/h2-7,9,19H,8H2,1H3/t9-/m1/s1. The summed E-state index contributed by atoms with van der Waals surface area (Å²) in [5.41, 5.74) is 0.413. The van der Waals surface area contributed by atoms with Gasteiger partial charge in [0.2, 0.25) is 0 Å². The van der Waals surface area contributed by atoms with Crippen molar-refractivity contribution in [2.45, 2.75) is 19.6 Å². The number of aliphatic hydroxyl groups excluding tert-OH is 1. The van der Waals surface area contributed by atoms with Crippen LogP contribution in [0.3, 0.4) is 0 Å². The minimum Gasteiger partial charge on any atom is -0.486 e. The summed E-state index contributed by atoms with van der Waals surface area (Å²) in [6, 6.07) is 6.97. The van der Waals surface area contributed by atoms with Gasteiger partial charge in [-0.15, -0.1) is 0 Å². The first-order valence-corrected chi connectivity index (χ1v) is 6.01. The number of aliphatic hydroxyl groups is 1. The maximum atomic E-state index is 13.7. The van der Waals surface area contributed by atoms with E-state index in [9.17, 15) is 18.3 Å². The number of hydrogen-bond donors (Lipinski definition) is 1. The van der Waals surface area contributed by atoms with Crippen molar-refractivity contribution < 1.29 is 23.0 Å². The number of halogens is 3. The van der Waals surface area contributed by atoms with Crippen molar-refractivity contribution in [1.82, 2.24) is 0 Å². The molecule has 0 amide bonds. The minimum atomic E-state index is -0.792. The normalized spacial score (nSPS) is 12.2. The van der Waals surface area contributed by atoms with Gasteiger partial charge in [-0.05, 0) is 42.8 Å². The smallest absolute Gasteiger partial charge is 0.165 e. The van der Waals surface area contributed by atoms with E-state index in [0.717, 1.165) is 24.3 Å². The molecule has 0 aliphatic carbocycles. The molecule has 0 aromatic heterocycles. The molecule has 5 heteroatoms. The molecular weight excluding hydrogens is 269 g/mol. The fourth-order valence-corrected chi connectivity index (χ4v) is 1.70. The van der Waals surface area contributed by atoms with Gasteiger partial charge in [0.05, 0.1) is 6.10 Å². The van der Waals surface area contributed by atoms with E-state index in [0.29, 0.717) is 5.56 Å². The van der Waals surface area contributed by atoms with Gasteiger partial charge in [0, 0.05) is 5.56 Å². The van der Waals surface area contributed by atoms with Gasteiger partial charge in [0.25, 0.3) is 0 Å². The molecule has 0 saturated carbocycles. The lowest BCUT2D eigenvalue weighted by molar-refractivity contribution is 0.198. The van der Waals surface area contributed by atoms with Crippen molar-refractivity contribution in [2.75, 3.05) is 0 Å². The maximum Gasteiger partial charge on any atom is 0.165 e. The van der Waals surface area contributed by atoms with E-state index < -0.39 is 23.6 Å². The lowest BCUT2D eigenvalue weighted by Crippen LogP contribution is -2.01. The number of hydrogen-bond acceptors (Lipinski definition) is 2. The summed E-state index contributed by atoms with van der Waals surface area (Å²) in [4.78, 5) is 0. The van der Waals surface area contributed by atoms with Crippen molar-refractivity contribution >= 4 is 0 Å². The van der Waals surface area contributed by atoms with Crippen LogP contribution in [-0.4, -0.2) is 5.11 Å². The third-order valence-corrected chi connectivity index (χ3v) is 2.83. The van der Waals surface area contributed by atoms with E-state index in [1.807, 2.05) is 0 Å². The van der Waals surface area contributed by atoms with Crippen LogP contribution in [0.5, 0.6) is 5.75 Å². The van der Waals surface area contributed by atoms with Gasteiger partial charge >= 0.3 is 0 Å². The molecule has 0 aliphatic heterocycles. The van der Waals surface area contributed by atoms with E-state index in [1.54, 1.807) is 0 Å². The van der Waals surface area contributed by atoms with Crippen LogP contribution in [0.2, 0.25) is 0 Å². The molecule has 2 aromatic rings. The average molecular weight is 282 g/mol. The molecule has 2 aromatic carbocycles. The predicted molar refractivity (Wildman–Crippen MR) is 67.7 cm³/mol. The molecule has 20 heavy (non-hydrogen) atoms. The Morgan fingerprint density at radius 1 is 1.05 bits per heavy atom. The van der Waals surface area contributed by atoms with E-state index in [-0.39, 0.29) is 17.9 Å². The van der Waals surface area contributed by atoms with Crippen LogP contribution in [0.1, 0.15) is 24.2 Å². The second-order valence-electron chi connectivity index (χ2n) is 4.39. The molecule has 0 saturated heterocycles. The van der Waals surface area contributed by atoms with Crippen LogP contribution in [0.25, 0.3) is 0 Å². The van der Waals surface area contributed by atoms with Gasteiger partial charge in [-0.3, -0.25) is 0 Å². The van der Waals surface area contributed by atoms with Gasteiger partial charge in [0.1, 0.15) is 18.2 Å². The molecule has 0 radical (unpaired) electrons. The number of ether oxygens (including phenoxy) is 1. The highest BCUT2D eigenvalue weighted by atomic mass is 19.1. The van der Waals surface area contributed by atoms with Crippen molar-refractivity contribution in [3.8, 4) is 5.75 Å². The third-order valence-electron chi connectivity index (χ3n) is 2.83. The van der Waals surface area contributed by atoms with Crippen molar-refractivity contribution in [2.24, 2.45) is 0 Å². The van der Waals surface area contributed by atoms with Crippen LogP contribution in [-0.2, 0) is 6.61 Å². The molecule has 0 aliphatic rings. The maximum absolute atomic E-state index is 13.7.